The van der Waals surface area contributed by atoms with Crippen molar-refractivity contribution in [2.45, 2.75) is 89.9 Å². The van der Waals surface area contributed by atoms with E-state index < -0.39 is 23.5 Å². The number of aryl methyl sites for hydroxylation is 1. The number of rotatable bonds is 16. The highest BCUT2D eigenvalue weighted by Crippen LogP contribution is 2.37. The third kappa shape index (κ3) is 9.67. The van der Waals surface area contributed by atoms with Gasteiger partial charge in [0.2, 0.25) is 0 Å². The van der Waals surface area contributed by atoms with Crippen LogP contribution in [0.1, 0.15) is 89.8 Å². The van der Waals surface area contributed by atoms with Crippen LogP contribution in [0.15, 0.2) is 58.4 Å². The van der Waals surface area contributed by atoms with Gasteiger partial charge in [-0.05, 0) is 60.8 Å². The topological polar surface area (TPSA) is 72.1 Å². The van der Waals surface area contributed by atoms with Gasteiger partial charge in [0.25, 0.3) is 6.43 Å². The molecule has 0 aliphatic rings. The van der Waals surface area contributed by atoms with Crippen molar-refractivity contribution >= 4 is 29.5 Å². The van der Waals surface area contributed by atoms with E-state index >= 15 is 0 Å². The van der Waals surface area contributed by atoms with E-state index in [-0.39, 0.29) is 28.4 Å². The predicted octanol–water partition coefficient (Wildman–Crippen LogP) is 9.98. The molecule has 0 saturated carbocycles. The predicted molar refractivity (Wildman–Crippen MR) is 171 cm³/mol. The van der Waals surface area contributed by atoms with Gasteiger partial charge >= 0.3 is 5.97 Å². The van der Waals surface area contributed by atoms with Crippen molar-refractivity contribution in [1.29, 1.82) is 5.26 Å². The third-order valence-corrected chi connectivity index (χ3v) is 8.72. The highest BCUT2D eigenvalue weighted by Gasteiger charge is 2.25. The first-order valence-electron chi connectivity index (χ1n) is 14.9. The molecule has 1 atom stereocenters. The maximum Gasteiger partial charge on any atom is 0.308 e. The van der Waals surface area contributed by atoms with E-state index in [1.54, 1.807) is 30.0 Å². The van der Waals surface area contributed by atoms with E-state index in [0.29, 0.717) is 12.0 Å². The fourth-order valence-electron chi connectivity index (χ4n) is 5.15. The van der Waals surface area contributed by atoms with E-state index in [2.05, 4.69) is 13.0 Å². The third-order valence-electron chi connectivity index (χ3n) is 7.28. The molecule has 43 heavy (non-hydrogen) atoms. The van der Waals surface area contributed by atoms with Crippen LogP contribution in [0.25, 0.3) is 22.3 Å². The Morgan fingerprint density at radius 1 is 1.05 bits per heavy atom. The molecule has 0 radical (unpaired) electrons. The van der Waals surface area contributed by atoms with Gasteiger partial charge in [-0.2, -0.15) is 5.26 Å². The van der Waals surface area contributed by atoms with Crippen molar-refractivity contribution in [1.82, 2.24) is 4.09 Å². The lowest BCUT2D eigenvalue weighted by Crippen LogP contribution is -2.16. The smallest absolute Gasteiger partial charge is 0.308 e. The molecule has 1 heterocycles. The molecule has 0 fully saturated rings. The second-order valence-electron chi connectivity index (χ2n) is 10.6. The number of hydrogen-bond donors (Lipinski definition) is 0. The van der Waals surface area contributed by atoms with E-state index in [9.17, 15) is 23.6 Å². The standard InChI is InChI=1S/C34H39ClF2N2O3S/c1-4-13-25(21-38)14-9-7-6-8-12-17-43-30-16-11-10-15-28(30)29-22-39(35)32(34(36)37)31(33(29)41)26-18-24(5-2)19-27(20-26)42-23(3)40/h10-11,15-16,18-20,22,25,34H,4-9,12-14,17H2,1-3H3. The molecule has 1 unspecified atom stereocenters. The summed E-state index contributed by atoms with van der Waals surface area (Å²) in [5.41, 5.74) is 0.379. The van der Waals surface area contributed by atoms with Gasteiger partial charge in [-0.3, -0.25) is 13.7 Å². The van der Waals surface area contributed by atoms with Crippen LogP contribution in [-0.4, -0.2) is 15.8 Å². The molecule has 2 aromatic carbocycles. The summed E-state index contributed by atoms with van der Waals surface area (Å²) < 4.78 is 34.7. The Kier molecular flexibility index (Phi) is 13.8. The summed E-state index contributed by atoms with van der Waals surface area (Å²) >= 11 is 8.00. The average Bonchev–Trinajstić information content (AvgIpc) is 2.98. The number of pyridine rings is 1. The minimum atomic E-state index is -3.02. The Hall–Kier alpha value is -3.15. The zero-order chi connectivity index (χ0) is 31.4. The fourth-order valence-corrected chi connectivity index (χ4v) is 6.48. The van der Waals surface area contributed by atoms with Crippen LogP contribution in [0.2, 0.25) is 0 Å². The van der Waals surface area contributed by atoms with Crippen molar-refractivity contribution in [3.05, 3.63) is 70.1 Å². The van der Waals surface area contributed by atoms with Gasteiger partial charge < -0.3 is 4.74 Å². The van der Waals surface area contributed by atoms with Gasteiger partial charge in [0.15, 0.2) is 5.43 Å². The van der Waals surface area contributed by atoms with E-state index in [4.69, 9.17) is 16.5 Å². The number of hydrogen-bond acceptors (Lipinski definition) is 5. The number of unbranched alkanes of at least 4 members (excludes halogenated alkanes) is 4. The Balaban J connectivity index is 1.84. The van der Waals surface area contributed by atoms with Crippen LogP contribution in [0.5, 0.6) is 5.75 Å². The molecule has 3 aromatic rings. The largest absolute Gasteiger partial charge is 0.427 e. The molecule has 230 valence electrons. The van der Waals surface area contributed by atoms with E-state index in [1.807, 2.05) is 25.1 Å². The molecular weight excluding hydrogens is 590 g/mol. The van der Waals surface area contributed by atoms with Gasteiger partial charge in [-0.1, -0.05) is 70.2 Å². The summed E-state index contributed by atoms with van der Waals surface area (Å²) in [7, 11) is 0. The number of alkyl halides is 2. The molecule has 0 amide bonds. The van der Waals surface area contributed by atoms with Crippen molar-refractivity contribution < 1.29 is 18.3 Å². The van der Waals surface area contributed by atoms with Crippen molar-refractivity contribution in [3.63, 3.8) is 0 Å². The lowest BCUT2D eigenvalue weighted by molar-refractivity contribution is -0.131. The molecule has 0 aliphatic heterocycles. The maximum atomic E-state index is 14.3. The number of nitriles is 1. The monoisotopic (exact) mass is 628 g/mol. The first-order chi connectivity index (χ1) is 20.7. The van der Waals surface area contributed by atoms with Crippen molar-refractivity contribution in [2.75, 3.05) is 5.75 Å². The van der Waals surface area contributed by atoms with Gasteiger partial charge in [0, 0.05) is 46.8 Å². The van der Waals surface area contributed by atoms with E-state index in [1.165, 1.54) is 19.2 Å². The number of aromatic nitrogens is 1. The van der Waals surface area contributed by atoms with Gasteiger partial charge in [-0.15, -0.1) is 11.8 Å². The number of carbonyl (C=O) groups excluding carboxylic acids is 1. The zero-order valence-corrected chi connectivity index (χ0v) is 26.6. The molecule has 0 N–H and O–H groups in total. The highest BCUT2D eigenvalue weighted by atomic mass is 35.5. The van der Waals surface area contributed by atoms with Crippen LogP contribution >= 0.6 is 23.5 Å². The van der Waals surface area contributed by atoms with Gasteiger partial charge in [-0.25, -0.2) is 8.78 Å². The zero-order valence-electron chi connectivity index (χ0n) is 25.0. The molecular formula is C34H39ClF2N2O3S. The van der Waals surface area contributed by atoms with Crippen LogP contribution in [-0.2, 0) is 11.2 Å². The number of carbonyl (C=O) groups is 1. The van der Waals surface area contributed by atoms with Crippen LogP contribution in [0.4, 0.5) is 8.78 Å². The Bertz CT molecular complexity index is 1490. The molecule has 9 heteroatoms. The first-order valence-corrected chi connectivity index (χ1v) is 16.2. The Morgan fingerprint density at radius 3 is 2.44 bits per heavy atom. The molecule has 3 rings (SSSR count). The summed E-state index contributed by atoms with van der Waals surface area (Å²) in [5, 5.41) is 9.22. The second-order valence-corrected chi connectivity index (χ2v) is 12.1. The summed E-state index contributed by atoms with van der Waals surface area (Å²) in [4.78, 5) is 26.5. The van der Waals surface area contributed by atoms with E-state index in [0.717, 1.165) is 71.7 Å². The summed E-state index contributed by atoms with van der Waals surface area (Å²) in [6, 6.07) is 14.6. The lowest BCUT2D eigenvalue weighted by atomic mass is 9.96. The van der Waals surface area contributed by atoms with Crippen LogP contribution < -0.4 is 10.2 Å². The second kappa shape index (κ2) is 17.2. The number of ether oxygens (including phenoxy) is 1. The molecule has 0 spiro atoms. The molecule has 0 saturated heterocycles. The Labute approximate surface area is 262 Å². The number of nitrogens with zero attached hydrogens (tertiary/aromatic N) is 2. The SMILES string of the molecule is CCCC(C#N)CCCCCCCSc1ccccc1-c1cn(Cl)c(C(F)F)c(-c2cc(CC)cc(OC(C)=O)c2)c1=O. The maximum absolute atomic E-state index is 14.3. The van der Waals surface area contributed by atoms with Crippen molar-refractivity contribution in [2.24, 2.45) is 5.92 Å². The number of esters is 1. The molecule has 5 nitrogen and oxygen atoms in total. The minimum absolute atomic E-state index is 0.163. The van der Waals surface area contributed by atoms with Gasteiger partial charge in [0.1, 0.15) is 11.4 Å². The number of benzene rings is 2. The summed E-state index contributed by atoms with van der Waals surface area (Å²) in [6.07, 6.45) is 7.10. The molecule has 0 bridgehead atoms. The van der Waals surface area contributed by atoms with Crippen LogP contribution in [0, 0.1) is 17.2 Å². The number of thioether (sulfide) groups is 1. The van der Waals surface area contributed by atoms with Crippen LogP contribution in [0.3, 0.4) is 0 Å². The van der Waals surface area contributed by atoms with Gasteiger partial charge in [0.05, 0.1) is 11.6 Å². The fraction of sp³-hybridized carbons (Fsp3) is 0.441. The molecule has 1 aromatic heterocycles. The quantitative estimate of drug-likeness (QED) is 0.0683. The lowest BCUT2D eigenvalue weighted by Gasteiger charge is -2.17. The Morgan fingerprint density at radius 2 is 1.77 bits per heavy atom. The average molecular weight is 629 g/mol. The highest BCUT2D eigenvalue weighted by molar-refractivity contribution is 7.99. The normalized spacial score (nSPS) is 11.9. The van der Waals surface area contributed by atoms with Crippen molar-refractivity contribution in [3.8, 4) is 34.1 Å². The number of halogens is 3. The summed E-state index contributed by atoms with van der Waals surface area (Å²) in [6.45, 7) is 5.24. The molecule has 0 aliphatic carbocycles. The first kappa shape index (κ1) is 34.3. The summed E-state index contributed by atoms with van der Waals surface area (Å²) in [5.74, 6) is 0.628. The minimum Gasteiger partial charge on any atom is -0.427 e.